The van der Waals surface area contributed by atoms with Crippen LogP contribution in [0.15, 0.2) is 0 Å². The van der Waals surface area contributed by atoms with Crippen LogP contribution in [0.5, 0.6) is 0 Å². The minimum atomic E-state index is -1.24. The van der Waals surface area contributed by atoms with Gasteiger partial charge in [0.25, 0.3) is 0 Å². The normalized spacial score (nSPS) is 29.2. The predicted octanol–water partition coefficient (Wildman–Crippen LogP) is -1.59. The van der Waals surface area contributed by atoms with E-state index in [9.17, 15) is 13.8 Å². The Morgan fingerprint density at radius 3 is 2.92 bits per heavy atom. The van der Waals surface area contributed by atoms with E-state index in [0.29, 0.717) is 0 Å². The Morgan fingerprint density at radius 1 is 1.75 bits per heavy atom. The highest BCUT2D eigenvalue weighted by Crippen LogP contribution is 1.99. The molecule has 1 saturated heterocycles. The lowest BCUT2D eigenvalue weighted by Crippen LogP contribution is -2.51. The third-order valence-corrected chi connectivity index (χ3v) is 2.75. The van der Waals surface area contributed by atoms with Crippen LogP contribution < -0.4 is 5.32 Å². The van der Waals surface area contributed by atoms with Gasteiger partial charge in [-0.25, -0.2) is 4.79 Å². The minimum absolute atomic E-state index is 0.0203. The third kappa shape index (κ3) is 2.04. The fraction of sp³-hybridized carbons (Fsp3) is 0.667. The van der Waals surface area contributed by atoms with E-state index < -0.39 is 22.8 Å². The lowest BCUT2D eigenvalue weighted by molar-refractivity contribution is -0.144. The second kappa shape index (κ2) is 3.66. The van der Waals surface area contributed by atoms with E-state index in [4.69, 9.17) is 0 Å². The zero-order valence-electron chi connectivity index (χ0n) is 6.53. The fourth-order valence-corrected chi connectivity index (χ4v) is 2.02. The first-order valence-electron chi connectivity index (χ1n) is 3.35. The summed E-state index contributed by atoms with van der Waals surface area (Å²) in [5.74, 6) is -0.780. The van der Waals surface area contributed by atoms with Gasteiger partial charge in [0.1, 0.15) is 11.8 Å². The molecule has 1 aliphatic rings. The van der Waals surface area contributed by atoms with Crippen LogP contribution in [0.2, 0.25) is 0 Å². The van der Waals surface area contributed by atoms with Gasteiger partial charge >= 0.3 is 5.97 Å². The molecule has 0 aromatic carbocycles. The molecular weight excluding hydrogens is 182 g/mol. The summed E-state index contributed by atoms with van der Waals surface area (Å²) < 4.78 is 15.3. The van der Waals surface area contributed by atoms with Crippen molar-refractivity contribution in [1.29, 1.82) is 0 Å². The molecule has 2 unspecified atom stereocenters. The monoisotopic (exact) mass is 191 g/mol. The van der Waals surface area contributed by atoms with Gasteiger partial charge in [-0.1, -0.05) is 0 Å². The van der Waals surface area contributed by atoms with Gasteiger partial charge in [-0.15, -0.1) is 0 Å². The molecule has 0 aromatic rings. The quantitative estimate of drug-likeness (QED) is 0.507. The van der Waals surface area contributed by atoms with Crippen LogP contribution in [0.4, 0.5) is 0 Å². The van der Waals surface area contributed by atoms with Crippen molar-refractivity contribution in [3.63, 3.8) is 0 Å². The predicted molar refractivity (Wildman–Crippen MR) is 41.8 cm³/mol. The van der Waals surface area contributed by atoms with Crippen LogP contribution in [0.25, 0.3) is 0 Å². The molecule has 0 saturated carbocycles. The summed E-state index contributed by atoms with van der Waals surface area (Å²) in [6, 6.07) is -0.739. The average molecular weight is 191 g/mol. The molecule has 0 bridgehead atoms. The van der Waals surface area contributed by atoms with Crippen molar-refractivity contribution in [2.45, 2.75) is 6.04 Å². The number of methoxy groups -OCH3 is 1. The second-order valence-electron chi connectivity index (χ2n) is 2.39. The van der Waals surface area contributed by atoms with E-state index in [1.807, 2.05) is 0 Å². The van der Waals surface area contributed by atoms with Crippen LogP contribution in [0.1, 0.15) is 0 Å². The fourth-order valence-electron chi connectivity index (χ4n) is 0.938. The lowest BCUT2D eigenvalue weighted by atomic mass is 10.3. The summed E-state index contributed by atoms with van der Waals surface area (Å²) in [4.78, 5) is 21.7. The minimum Gasteiger partial charge on any atom is -0.467 e. The number of hydrogen-bond donors (Lipinski definition) is 1. The number of hydrogen-bond acceptors (Lipinski definition) is 4. The number of carbonyl (C=O) groups is 2. The van der Waals surface area contributed by atoms with E-state index >= 15 is 0 Å². The molecule has 6 heteroatoms. The van der Waals surface area contributed by atoms with Gasteiger partial charge in [-0.3, -0.25) is 9.00 Å². The number of nitrogens with one attached hydrogen (secondary N) is 1. The molecule has 1 aliphatic heterocycles. The first-order valence-corrected chi connectivity index (χ1v) is 4.84. The Balaban J connectivity index is 2.61. The molecule has 1 heterocycles. The Kier molecular flexibility index (Phi) is 2.80. The van der Waals surface area contributed by atoms with Gasteiger partial charge in [0.15, 0.2) is 0 Å². The average Bonchev–Trinajstić information content (AvgIpc) is 2.01. The highest BCUT2D eigenvalue weighted by molar-refractivity contribution is 7.85. The molecule has 1 N–H and O–H groups in total. The first kappa shape index (κ1) is 9.18. The number of rotatable bonds is 1. The van der Waals surface area contributed by atoms with E-state index in [1.165, 1.54) is 7.11 Å². The van der Waals surface area contributed by atoms with Gasteiger partial charge in [-0.2, -0.15) is 0 Å². The molecule has 2 atom stereocenters. The van der Waals surface area contributed by atoms with Gasteiger partial charge in [-0.05, 0) is 0 Å². The summed E-state index contributed by atoms with van der Waals surface area (Å²) in [6.45, 7) is 0. The maximum Gasteiger partial charge on any atom is 0.329 e. The molecule has 0 aromatic heterocycles. The Bertz CT molecular complexity index is 224. The molecule has 1 rings (SSSR count). The molecular formula is C6H9NO4S. The zero-order valence-corrected chi connectivity index (χ0v) is 7.35. The van der Waals surface area contributed by atoms with Crippen molar-refractivity contribution in [2.75, 3.05) is 18.6 Å². The van der Waals surface area contributed by atoms with E-state index in [-0.39, 0.29) is 17.4 Å². The van der Waals surface area contributed by atoms with Crippen molar-refractivity contribution >= 4 is 22.7 Å². The largest absolute Gasteiger partial charge is 0.467 e. The van der Waals surface area contributed by atoms with Gasteiger partial charge < -0.3 is 10.1 Å². The standard InChI is InChI=1S/C6H9NO4S/c1-11-6(9)4-2-12(10)3-5(8)7-4/h4H,2-3H2,1H3,(H,7,8). The summed E-state index contributed by atoms with van der Waals surface area (Å²) in [7, 11) is -0.00723. The number of esters is 1. The molecule has 0 radical (unpaired) electrons. The smallest absolute Gasteiger partial charge is 0.329 e. The van der Waals surface area contributed by atoms with E-state index in [1.54, 1.807) is 0 Å². The van der Waals surface area contributed by atoms with Crippen LogP contribution in [-0.4, -0.2) is 40.7 Å². The zero-order chi connectivity index (χ0) is 9.14. The van der Waals surface area contributed by atoms with Gasteiger partial charge in [0.2, 0.25) is 5.91 Å². The van der Waals surface area contributed by atoms with Crippen LogP contribution in [0.3, 0.4) is 0 Å². The SMILES string of the molecule is COC(=O)C1CS(=O)CC(=O)N1. The van der Waals surface area contributed by atoms with Gasteiger partial charge in [0, 0.05) is 10.8 Å². The summed E-state index contributed by atoms with van der Waals surface area (Å²) >= 11 is 0. The molecule has 0 aliphatic carbocycles. The summed E-state index contributed by atoms with van der Waals surface area (Å²) in [6.07, 6.45) is 0. The van der Waals surface area contributed by atoms with Crippen molar-refractivity contribution in [2.24, 2.45) is 0 Å². The van der Waals surface area contributed by atoms with E-state index in [2.05, 4.69) is 10.1 Å². The van der Waals surface area contributed by atoms with E-state index in [0.717, 1.165) is 0 Å². The summed E-state index contributed by atoms with van der Waals surface area (Å²) in [5, 5.41) is 2.39. The highest BCUT2D eigenvalue weighted by Gasteiger charge is 2.29. The van der Waals surface area contributed by atoms with Crippen molar-refractivity contribution < 1.29 is 18.5 Å². The van der Waals surface area contributed by atoms with Crippen molar-refractivity contribution in [3.8, 4) is 0 Å². The maximum atomic E-state index is 10.9. The topological polar surface area (TPSA) is 72.5 Å². The van der Waals surface area contributed by atoms with Crippen LogP contribution in [-0.2, 0) is 25.1 Å². The Hall–Kier alpha value is -0.910. The van der Waals surface area contributed by atoms with Crippen molar-refractivity contribution in [3.05, 3.63) is 0 Å². The highest BCUT2D eigenvalue weighted by atomic mass is 32.2. The Morgan fingerprint density at radius 2 is 2.42 bits per heavy atom. The van der Waals surface area contributed by atoms with Crippen molar-refractivity contribution in [1.82, 2.24) is 5.32 Å². The molecule has 0 spiro atoms. The molecule has 1 fully saturated rings. The first-order chi connectivity index (χ1) is 5.63. The van der Waals surface area contributed by atoms with Gasteiger partial charge in [0.05, 0.1) is 12.9 Å². The molecule has 5 nitrogen and oxygen atoms in total. The number of amides is 1. The number of carbonyl (C=O) groups excluding carboxylic acids is 2. The molecule has 12 heavy (non-hydrogen) atoms. The third-order valence-electron chi connectivity index (χ3n) is 1.47. The maximum absolute atomic E-state index is 10.9. The van der Waals surface area contributed by atoms with Crippen LogP contribution >= 0.6 is 0 Å². The summed E-state index contributed by atoms with van der Waals surface area (Å²) in [5.41, 5.74) is 0. The molecule has 1 amide bonds. The van der Waals surface area contributed by atoms with Crippen LogP contribution in [0, 0.1) is 0 Å². The Labute approximate surface area is 71.9 Å². The lowest BCUT2D eigenvalue weighted by Gasteiger charge is -2.20. The molecule has 68 valence electrons. The number of ether oxygens (including phenoxy) is 1. The second-order valence-corrected chi connectivity index (χ2v) is 3.90.